The van der Waals surface area contributed by atoms with Crippen LogP contribution in [0.15, 0.2) is 36.7 Å². The summed E-state index contributed by atoms with van der Waals surface area (Å²) in [5.41, 5.74) is -0.738. The van der Waals surface area contributed by atoms with Gasteiger partial charge in [0.15, 0.2) is 0 Å². The summed E-state index contributed by atoms with van der Waals surface area (Å²) < 4.78 is 37.3. The molecule has 0 aromatic carbocycles. The normalized spacial score (nSPS) is 11.0. The second-order valence-electron chi connectivity index (χ2n) is 4.49. The van der Waals surface area contributed by atoms with Gasteiger partial charge in [0.25, 0.3) is 5.91 Å². The second kappa shape index (κ2) is 6.42. The smallest absolute Gasteiger partial charge is 0.311 e. The third-order valence-corrected chi connectivity index (χ3v) is 2.66. The number of anilines is 2. The van der Waals surface area contributed by atoms with Gasteiger partial charge in [-0.2, -0.15) is 13.2 Å². The molecule has 2 amide bonds. The maximum Gasteiger partial charge on any atom is 0.417 e. The molecule has 0 saturated carbocycles. The summed E-state index contributed by atoms with van der Waals surface area (Å²) in [6.07, 6.45) is -2.54. The lowest BCUT2D eigenvalue weighted by molar-refractivity contribution is -0.137. The standard InChI is InChI=1S/C14H11F3N4O2/c1-8(22)20-12-6-9(4-5-18-12)13(23)21-11-3-2-10(7-19-11)14(15,16)17/h2-7H,1H3,(H,18,20,22)(H,19,21,23). The van der Waals surface area contributed by atoms with Gasteiger partial charge >= 0.3 is 6.18 Å². The van der Waals surface area contributed by atoms with Crippen molar-refractivity contribution >= 4 is 23.5 Å². The lowest BCUT2D eigenvalue weighted by Crippen LogP contribution is -2.15. The number of halogens is 3. The highest BCUT2D eigenvalue weighted by molar-refractivity contribution is 6.04. The number of carbonyl (C=O) groups is 2. The highest BCUT2D eigenvalue weighted by Crippen LogP contribution is 2.28. The van der Waals surface area contributed by atoms with Crippen LogP contribution in [0.1, 0.15) is 22.8 Å². The molecule has 6 nitrogen and oxygen atoms in total. The molecular formula is C14H11F3N4O2. The van der Waals surface area contributed by atoms with E-state index in [9.17, 15) is 22.8 Å². The Morgan fingerprint density at radius 2 is 1.78 bits per heavy atom. The highest BCUT2D eigenvalue weighted by Gasteiger charge is 2.30. The summed E-state index contributed by atoms with van der Waals surface area (Å²) in [6, 6.07) is 4.60. The third-order valence-electron chi connectivity index (χ3n) is 2.66. The number of rotatable bonds is 3. The van der Waals surface area contributed by atoms with Crippen molar-refractivity contribution in [3.8, 4) is 0 Å². The van der Waals surface area contributed by atoms with Crippen LogP contribution in [0.25, 0.3) is 0 Å². The molecule has 2 N–H and O–H groups in total. The quantitative estimate of drug-likeness (QED) is 0.909. The number of carbonyl (C=O) groups excluding carboxylic acids is 2. The van der Waals surface area contributed by atoms with E-state index in [4.69, 9.17) is 0 Å². The zero-order valence-electron chi connectivity index (χ0n) is 11.8. The summed E-state index contributed by atoms with van der Waals surface area (Å²) in [5, 5.41) is 4.78. The Kier molecular flexibility index (Phi) is 4.58. The van der Waals surface area contributed by atoms with E-state index < -0.39 is 17.6 Å². The lowest BCUT2D eigenvalue weighted by atomic mass is 10.2. The van der Waals surface area contributed by atoms with Crippen molar-refractivity contribution < 1.29 is 22.8 Å². The maximum absolute atomic E-state index is 12.4. The predicted molar refractivity (Wildman–Crippen MR) is 75.7 cm³/mol. The first-order chi connectivity index (χ1) is 10.8. The number of aromatic nitrogens is 2. The van der Waals surface area contributed by atoms with Gasteiger partial charge in [-0.3, -0.25) is 9.59 Å². The summed E-state index contributed by atoms with van der Waals surface area (Å²) in [6.45, 7) is 1.29. The average Bonchev–Trinajstić information content (AvgIpc) is 2.46. The van der Waals surface area contributed by atoms with Crippen molar-refractivity contribution in [3.05, 3.63) is 47.8 Å². The largest absolute Gasteiger partial charge is 0.417 e. The molecule has 0 aliphatic carbocycles. The Balaban J connectivity index is 2.11. The number of hydrogen-bond donors (Lipinski definition) is 2. The van der Waals surface area contributed by atoms with Crippen LogP contribution in [0.2, 0.25) is 0 Å². The molecule has 9 heteroatoms. The molecule has 0 spiro atoms. The van der Waals surface area contributed by atoms with E-state index in [0.717, 1.165) is 12.1 Å². The van der Waals surface area contributed by atoms with E-state index in [0.29, 0.717) is 6.20 Å². The van der Waals surface area contributed by atoms with Crippen molar-refractivity contribution in [2.24, 2.45) is 0 Å². The molecule has 0 aliphatic heterocycles. The fourth-order valence-electron chi connectivity index (χ4n) is 1.64. The topological polar surface area (TPSA) is 84.0 Å². The Labute approximate surface area is 128 Å². The monoisotopic (exact) mass is 324 g/mol. The predicted octanol–water partition coefficient (Wildman–Crippen LogP) is 2.71. The summed E-state index contributed by atoms with van der Waals surface area (Å²) in [4.78, 5) is 30.4. The summed E-state index contributed by atoms with van der Waals surface area (Å²) >= 11 is 0. The minimum absolute atomic E-state index is 0.0270. The highest BCUT2D eigenvalue weighted by atomic mass is 19.4. The number of pyridine rings is 2. The van der Waals surface area contributed by atoms with E-state index in [1.807, 2.05) is 0 Å². The molecule has 2 rings (SSSR count). The minimum atomic E-state index is -4.49. The van der Waals surface area contributed by atoms with Crippen molar-refractivity contribution in [1.82, 2.24) is 9.97 Å². The molecule has 120 valence electrons. The minimum Gasteiger partial charge on any atom is -0.311 e. The van der Waals surface area contributed by atoms with Gasteiger partial charge in [-0.05, 0) is 24.3 Å². The molecule has 2 heterocycles. The van der Waals surface area contributed by atoms with Gasteiger partial charge in [-0.25, -0.2) is 9.97 Å². The number of alkyl halides is 3. The molecular weight excluding hydrogens is 313 g/mol. The molecule has 0 aliphatic rings. The van der Waals surface area contributed by atoms with E-state index in [1.165, 1.54) is 25.3 Å². The lowest BCUT2D eigenvalue weighted by Gasteiger charge is -2.08. The molecule has 0 fully saturated rings. The summed E-state index contributed by atoms with van der Waals surface area (Å²) in [7, 11) is 0. The van der Waals surface area contributed by atoms with Crippen LogP contribution in [0.3, 0.4) is 0 Å². The first-order valence-electron chi connectivity index (χ1n) is 6.34. The maximum atomic E-state index is 12.4. The Hall–Kier alpha value is -2.97. The number of hydrogen-bond acceptors (Lipinski definition) is 4. The van der Waals surface area contributed by atoms with Gasteiger partial charge in [0.1, 0.15) is 11.6 Å². The zero-order valence-corrected chi connectivity index (χ0v) is 11.8. The van der Waals surface area contributed by atoms with Crippen LogP contribution in [-0.2, 0) is 11.0 Å². The van der Waals surface area contributed by atoms with Crippen LogP contribution in [0.4, 0.5) is 24.8 Å². The Morgan fingerprint density at radius 3 is 2.35 bits per heavy atom. The van der Waals surface area contributed by atoms with Gasteiger partial charge < -0.3 is 10.6 Å². The Bertz CT molecular complexity index is 730. The third kappa shape index (κ3) is 4.50. The number of nitrogens with one attached hydrogen (secondary N) is 2. The zero-order chi connectivity index (χ0) is 17.0. The summed E-state index contributed by atoms with van der Waals surface area (Å²) in [5.74, 6) is -0.780. The Morgan fingerprint density at radius 1 is 1.04 bits per heavy atom. The van der Waals surface area contributed by atoms with Crippen LogP contribution >= 0.6 is 0 Å². The van der Waals surface area contributed by atoms with Gasteiger partial charge in [-0.15, -0.1) is 0 Å². The van der Waals surface area contributed by atoms with Crippen molar-refractivity contribution in [1.29, 1.82) is 0 Å². The van der Waals surface area contributed by atoms with Gasteiger partial charge in [0.05, 0.1) is 5.56 Å². The van der Waals surface area contributed by atoms with E-state index in [2.05, 4.69) is 20.6 Å². The van der Waals surface area contributed by atoms with E-state index >= 15 is 0 Å². The molecule has 0 atom stereocenters. The van der Waals surface area contributed by atoms with Crippen LogP contribution < -0.4 is 10.6 Å². The second-order valence-corrected chi connectivity index (χ2v) is 4.49. The first-order valence-corrected chi connectivity index (χ1v) is 6.34. The average molecular weight is 324 g/mol. The van der Waals surface area contributed by atoms with Crippen molar-refractivity contribution in [2.45, 2.75) is 13.1 Å². The van der Waals surface area contributed by atoms with E-state index in [-0.39, 0.29) is 23.1 Å². The first kappa shape index (κ1) is 16.4. The van der Waals surface area contributed by atoms with Crippen LogP contribution in [-0.4, -0.2) is 21.8 Å². The van der Waals surface area contributed by atoms with Crippen LogP contribution in [0, 0.1) is 0 Å². The molecule has 0 radical (unpaired) electrons. The SMILES string of the molecule is CC(=O)Nc1cc(C(=O)Nc2ccc(C(F)(F)F)cn2)ccn1. The fourth-order valence-corrected chi connectivity index (χ4v) is 1.64. The molecule has 0 bridgehead atoms. The molecule has 2 aromatic heterocycles. The number of amides is 2. The van der Waals surface area contributed by atoms with Gasteiger partial charge in [0, 0.05) is 24.9 Å². The van der Waals surface area contributed by atoms with Crippen molar-refractivity contribution in [2.75, 3.05) is 10.6 Å². The van der Waals surface area contributed by atoms with Crippen molar-refractivity contribution in [3.63, 3.8) is 0 Å². The van der Waals surface area contributed by atoms with Crippen LogP contribution in [0.5, 0.6) is 0 Å². The molecule has 0 saturated heterocycles. The van der Waals surface area contributed by atoms with Gasteiger partial charge in [0.2, 0.25) is 5.91 Å². The molecule has 0 unspecified atom stereocenters. The molecule has 2 aromatic rings. The fraction of sp³-hybridized carbons (Fsp3) is 0.143. The van der Waals surface area contributed by atoms with E-state index in [1.54, 1.807) is 0 Å². The van der Waals surface area contributed by atoms with Gasteiger partial charge in [-0.1, -0.05) is 0 Å². The molecule has 23 heavy (non-hydrogen) atoms. The number of nitrogens with zero attached hydrogens (tertiary/aromatic N) is 2.